The molecule has 8 heteroatoms. The van der Waals surface area contributed by atoms with Crippen LogP contribution in [0.1, 0.15) is 18.3 Å². The van der Waals surface area contributed by atoms with Crippen molar-refractivity contribution in [3.63, 3.8) is 0 Å². The van der Waals surface area contributed by atoms with E-state index >= 15 is 0 Å². The van der Waals surface area contributed by atoms with Gasteiger partial charge in [0.15, 0.2) is 4.34 Å². The van der Waals surface area contributed by atoms with Crippen molar-refractivity contribution in [3.8, 4) is 0 Å². The monoisotopic (exact) mass is 310 g/mol. The van der Waals surface area contributed by atoms with Crippen molar-refractivity contribution in [3.05, 3.63) is 11.4 Å². The number of nitrogens with one attached hydrogen (secondary N) is 1. The van der Waals surface area contributed by atoms with Crippen LogP contribution in [0.5, 0.6) is 0 Å². The third-order valence-corrected chi connectivity index (χ3v) is 4.75. The maximum Gasteiger partial charge on any atom is 0.208 e. The highest BCUT2D eigenvalue weighted by Gasteiger charge is 2.13. The van der Waals surface area contributed by atoms with Crippen molar-refractivity contribution in [2.45, 2.75) is 30.1 Å². The predicted octanol–water partition coefficient (Wildman–Crippen LogP) is 2.59. The zero-order valence-electron chi connectivity index (χ0n) is 12.3. The van der Waals surface area contributed by atoms with Gasteiger partial charge in [-0.25, -0.2) is 9.97 Å². The Morgan fingerprint density at radius 3 is 2.55 bits per heavy atom. The lowest BCUT2D eigenvalue weighted by atomic mass is 10.3. The first kappa shape index (κ1) is 15.0. The van der Waals surface area contributed by atoms with Gasteiger partial charge in [-0.1, -0.05) is 11.3 Å². The van der Waals surface area contributed by atoms with Gasteiger partial charge in [-0.3, -0.25) is 0 Å². The van der Waals surface area contributed by atoms with Crippen LogP contribution < -0.4 is 10.2 Å². The Kier molecular flexibility index (Phi) is 4.77. The summed E-state index contributed by atoms with van der Waals surface area (Å²) in [6, 6.07) is 0. The van der Waals surface area contributed by atoms with E-state index in [4.69, 9.17) is 0 Å². The van der Waals surface area contributed by atoms with E-state index in [0.717, 1.165) is 38.2 Å². The fourth-order valence-electron chi connectivity index (χ4n) is 1.55. The van der Waals surface area contributed by atoms with Gasteiger partial charge in [0, 0.05) is 26.2 Å². The Morgan fingerprint density at radius 1 is 1.20 bits per heavy atom. The molecule has 6 nitrogen and oxygen atoms in total. The van der Waals surface area contributed by atoms with E-state index in [1.807, 2.05) is 32.8 Å². The van der Waals surface area contributed by atoms with Crippen molar-refractivity contribution >= 4 is 34.0 Å². The molecule has 2 aromatic heterocycles. The molecule has 2 aromatic rings. The zero-order valence-corrected chi connectivity index (χ0v) is 13.9. The molecule has 20 heavy (non-hydrogen) atoms. The predicted molar refractivity (Wildman–Crippen MR) is 84.0 cm³/mol. The highest BCUT2D eigenvalue weighted by atomic mass is 32.2. The average molecular weight is 310 g/mol. The first-order chi connectivity index (χ1) is 9.51. The second kappa shape index (κ2) is 6.36. The third kappa shape index (κ3) is 3.37. The van der Waals surface area contributed by atoms with Crippen molar-refractivity contribution in [1.29, 1.82) is 0 Å². The van der Waals surface area contributed by atoms with Crippen LogP contribution in [-0.2, 0) is 0 Å². The van der Waals surface area contributed by atoms with E-state index in [1.165, 1.54) is 11.8 Å². The van der Waals surface area contributed by atoms with Crippen LogP contribution in [0, 0.1) is 13.8 Å². The van der Waals surface area contributed by atoms with Crippen LogP contribution in [0.15, 0.2) is 9.37 Å². The normalized spacial score (nSPS) is 10.7. The molecule has 0 aliphatic heterocycles. The molecule has 0 atom stereocenters. The van der Waals surface area contributed by atoms with E-state index in [0.29, 0.717) is 0 Å². The summed E-state index contributed by atoms with van der Waals surface area (Å²) in [6.07, 6.45) is 0. The maximum atomic E-state index is 4.50. The summed E-state index contributed by atoms with van der Waals surface area (Å²) in [6.45, 7) is 6.81. The molecule has 0 unspecified atom stereocenters. The Balaban J connectivity index is 2.27. The second-order valence-corrected chi connectivity index (χ2v) is 6.62. The van der Waals surface area contributed by atoms with E-state index in [9.17, 15) is 0 Å². The van der Waals surface area contributed by atoms with Gasteiger partial charge in [-0.05, 0) is 32.5 Å². The molecule has 2 heterocycles. The summed E-state index contributed by atoms with van der Waals surface area (Å²) in [5.41, 5.74) is 1.05. The molecule has 0 radical (unpaired) electrons. The van der Waals surface area contributed by atoms with Crippen LogP contribution in [0.4, 0.5) is 10.9 Å². The lowest BCUT2D eigenvalue weighted by Crippen LogP contribution is -2.07. The number of nitrogens with zero attached hydrogens (tertiary/aromatic N) is 5. The summed E-state index contributed by atoms with van der Waals surface area (Å²) in [4.78, 5) is 10.9. The largest absolute Gasteiger partial charge is 0.370 e. The van der Waals surface area contributed by atoms with Gasteiger partial charge in [0.2, 0.25) is 5.13 Å². The smallest absolute Gasteiger partial charge is 0.208 e. The molecule has 2 rings (SSSR count). The first-order valence-corrected chi connectivity index (χ1v) is 7.92. The molecule has 0 bridgehead atoms. The van der Waals surface area contributed by atoms with E-state index in [1.54, 1.807) is 11.3 Å². The van der Waals surface area contributed by atoms with Gasteiger partial charge in [-0.2, -0.15) is 0 Å². The summed E-state index contributed by atoms with van der Waals surface area (Å²) < 4.78 is 0.886. The maximum absolute atomic E-state index is 4.50. The van der Waals surface area contributed by atoms with Crippen molar-refractivity contribution in [2.75, 3.05) is 30.9 Å². The fourth-order valence-corrected chi connectivity index (χ4v) is 3.35. The Hall–Kier alpha value is -1.41. The average Bonchev–Trinajstić information content (AvgIpc) is 2.84. The van der Waals surface area contributed by atoms with Crippen molar-refractivity contribution < 1.29 is 0 Å². The van der Waals surface area contributed by atoms with Crippen LogP contribution in [0.25, 0.3) is 0 Å². The number of hydrogen-bond donors (Lipinski definition) is 1. The van der Waals surface area contributed by atoms with E-state index in [2.05, 4.69) is 32.4 Å². The van der Waals surface area contributed by atoms with Crippen molar-refractivity contribution in [2.24, 2.45) is 0 Å². The van der Waals surface area contributed by atoms with Gasteiger partial charge in [0.1, 0.15) is 16.7 Å². The van der Waals surface area contributed by atoms with Crippen molar-refractivity contribution in [1.82, 2.24) is 20.2 Å². The number of anilines is 2. The molecule has 0 aliphatic carbocycles. The molecule has 0 spiro atoms. The molecular formula is C12H18N6S2. The highest BCUT2D eigenvalue weighted by Crippen LogP contribution is 2.34. The first-order valence-electron chi connectivity index (χ1n) is 6.29. The summed E-state index contributed by atoms with van der Waals surface area (Å²) in [7, 11) is 3.91. The van der Waals surface area contributed by atoms with Gasteiger partial charge in [-0.15, -0.1) is 10.2 Å². The molecule has 0 amide bonds. The van der Waals surface area contributed by atoms with Gasteiger partial charge in [0.05, 0.1) is 0 Å². The number of aryl methyl sites for hydroxylation is 1. The minimum absolute atomic E-state index is 0.756. The second-order valence-electron chi connectivity index (χ2n) is 4.43. The topological polar surface area (TPSA) is 66.8 Å². The lowest BCUT2D eigenvalue weighted by molar-refractivity contribution is 0.926. The van der Waals surface area contributed by atoms with Crippen LogP contribution >= 0.6 is 23.1 Å². The molecular weight excluding hydrogens is 292 g/mol. The number of rotatable bonds is 5. The van der Waals surface area contributed by atoms with Gasteiger partial charge >= 0.3 is 0 Å². The number of hydrogen-bond acceptors (Lipinski definition) is 8. The number of aromatic nitrogens is 4. The quantitative estimate of drug-likeness (QED) is 0.851. The van der Waals surface area contributed by atoms with Gasteiger partial charge < -0.3 is 10.2 Å². The lowest BCUT2D eigenvalue weighted by Gasteiger charge is -2.10. The molecule has 0 aromatic carbocycles. The van der Waals surface area contributed by atoms with E-state index in [-0.39, 0.29) is 0 Å². The molecule has 0 fully saturated rings. The van der Waals surface area contributed by atoms with Crippen LogP contribution in [0.3, 0.4) is 0 Å². The summed E-state index contributed by atoms with van der Waals surface area (Å²) in [5.74, 6) is 1.64. The van der Waals surface area contributed by atoms with Gasteiger partial charge in [0.25, 0.3) is 0 Å². The summed E-state index contributed by atoms with van der Waals surface area (Å²) in [5, 5.41) is 13.4. The van der Waals surface area contributed by atoms with Crippen LogP contribution in [0.2, 0.25) is 0 Å². The summed E-state index contributed by atoms with van der Waals surface area (Å²) >= 11 is 3.09. The van der Waals surface area contributed by atoms with E-state index < -0.39 is 0 Å². The Morgan fingerprint density at radius 2 is 1.95 bits per heavy atom. The minimum Gasteiger partial charge on any atom is -0.370 e. The Labute approximate surface area is 127 Å². The molecule has 0 saturated carbocycles. The highest BCUT2D eigenvalue weighted by molar-refractivity contribution is 8.01. The zero-order chi connectivity index (χ0) is 14.7. The Bertz CT molecular complexity index is 596. The molecule has 0 aliphatic rings. The fraction of sp³-hybridized carbons (Fsp3) is 0.500. The minimum atomic E-state index is 0.756. The van der Waals surface area contributed by atoms with Crippen LogP contribution in [-0.4, -0.2) is 40.8 Å². The molecule has 0 saturated heterocycles. The molecule has 108 valence electrons. The molecule has 1 N–H and O–H groups in total. The standard InChI is InChI=1S/C12H18N6S2/c1-6-13-9-7(2)10(15-8(3)14-9)19-12-17-16-11(20-12)18(4)5/h6H2,1-5H3,(H,13,14,15). The SMILES string of the molecule is CCNc1nc(C)nc(Sc2nnc(N(C)C)s2)c1C. The third-order valence-electron chi connectivity index (χ3n) is 2.52.